The van der Waals surface area contributed by atoms with Gasteiger partial charge in [-0.3, -0.25) is 9.59 Å². The van der Waals surface area contributed by atoms with Crippen LogP contribution >= 0.6 is 0 Å². The number of nitrogens with two attached hydrogens (primary N) is 1. The minimum atomic E-state index is -0.543. The standard InChI is InChI=1S/C21H16N2O4/c1-26-19-10-15-14-4-2-3-5-17(14)27-18(15)11-16(19)23-21(25)13-8-6-12(7-9-13)20(22)24/h2-11H,1H3,(H2,22,24)(H,23,25). The smallest absolute Gasteiger partial charge is 0.255 e. The SMILES string of the molecule is COc1cc2c(cc1NC(=O)c1ccc(C(N)=O)cc1)oc1ccccc12. The highest BCUT2D eigenvalue weighted by Crippen LogP contribution is 2.36. The average molecular weight is 360 g/mol. The molecule has 0 saturated carbocycles. The lowest BCUT2D eigenvalue weighted by atomic mass is 10.1. The minimum absolute atomic E-state index is 0.334. The summed E-state index contributed by atoms with van der Waals surface area (Å²) in [5.41, 5.74) is 7.86. The molecule has 6 nitrogen and oxygen atoms in total. The summed E-state index contributed by atoms with van der Waals surface area (Å²) in [4.78, 5) is 23.7. The molecule has 0 atom stereocenters. The van der Waals surface area contributed by atoms with Crippen molar-refractivity contribution in [2.24, 2.45) is 5.73 Å². The van der Waals surface area contributed by atoms with Crippen molar-refractivity contribution >= 4 is 39.4 Å². The molecule has 1 heterocycles. The Morgan fingerprint density at radius 1 is 0.926 bits per heavy atom. The van der Waals surface area contributed by atoms with Crippen molar-refractivity contribution < 1.29 is 18.7 Å². The summed E-state index contributed by atoms with van der Waals surface area (Å²) in [6.07, 6.45) is 0. The van der Waals surface area contributed by atoms with E-state index >= 15 is 0 Å². The molecule has 4 rings (SSSR count). The van der Waals surface area contributed by atoms with E-state index in [0.717, 1.165) is 16.4 Å². The number of benzene rings is 3. The zero-order chi connectivity index (χ0) is 19.0. The summed E-state index contributed by atoms with van der Waals surface area (Å²) in [5.74, 6) is -0.352. The van der Waals surface area contributed by atoms with Crippen LogP contribution in [0, 0.1) is 0 Å². The van der Waals surface area contributed by atoms with Crippen LogP contribution < -0.4 is 15.8 Å². The Morgan fingerprint density at radius 3 is 2.33 bits per heavy atom. The predicted molar refractivity (Wildman–Crippen MR) is 103 cm³/mol. The maximum absolute atomic E-state index is 12.6. The average Bonchev–Trinajstić information content (AvgIpc) is 3.04. The van der Waals surface area contributed by atoms with Gasteiger partial charge in [0, 0.05) is 28.0 Å². The van der Waals surface area contributed by atoms with Crippen LogP contribution in [0.25, 0.3) is 21.9 Å². The van der Waals surface area contributed by atoms with Gasteiger partial charge in [-0.05, 0) is 36.4 Å². The van der Waals surface area contributed by atoms with Crippen molar-refractivity contribution in [2.75, 3.05) is 12.4 Å². The highest BCUT2D eigenvalue weighted by Gasteiger charge is 2.15. The Morgan fingerprint density at radius 2 is 1.63 bits per heavy atom. The normalized spacial score (nSPS) is 10.9. The van der Waals surface area contributed by atoms with Crippen molar-refractivity contribution in [3.05, 3.63) is 71.8 Å². The fourth-order valence-electron chi connectivity index (χ4n) is 3.00. The number of anilines is 1. The van der Waals surface area contributed by atoms with E-state index in [0.29, 0.717) is 28.1 Å². The van der Waals surface area contributed by atoms with E-state index in [2.05, 4.69) is 5.32 Å². The van der Waals surface area contributed by atoms with Gasteiger partial charge in [-0.25, -0.2) is 0 Å². The summed E-state index contributed by atoms with van der Waals surface area (Å²) in [6, 6.07) is 17.4. The third-order valence-electron chi connectivity index (χ3n) is 4.38. The molecule has 1 aromatic heterocycles. The molecule has 27 heavy (non-hydrogen) atoms. The predicted octanol–water partition coefficient (Wildman–Crippen LogP) is 3.95. The van der Waals surface area contributed by atoms with E-state index in [1.165, 1.54) is 12.1 Å². The van der Waals surface area contributed by atoms with E-state index < -0.39 is 5.91 Å². The topological polar surface area (TPSA) is 94.6 Å². The maximum Gasteiger partial charge on any atom is 0.255 e. The van der Waals surface area contributed by atoms with Gasteiger partial charge in [0.1, 0.15) is 16.9 Å². The van der Waals surface area contributed by atoms with Crippen LogP contribution in [0.1, 0.15) is 20.7 Å². The lowest BCUT2D eigenvalue weighted by Crippen LogP contribution is -2.14. The third-order valence-corrected chi connectivity index (χ3v) is 4.38. The van der Waals surface area contributed by atoms with Gasteiger partial charge in [-0.2, -0.15) is 0 Å². The number of methoxy groups -OCH3 is 1. The highest BCUT2D eigenvalue weighted by molar-refractivity contribution is 6.10. The van der Waals surface area contributed by atoms with Gasteiger partial charge in [-0.1, -0.05) is 18.2 Å². The Kier molecular flexibility index (Phi) is 4.01. The molecule has 0 spiro atoms. The first-order chi connectivity index (χ1) is 13.1. The molecule has 0 aliphatic carbocycles. The Hall–Kier alpha value is -3.80. The number of rotatable bonds is 4. The van der Waals surface area contributed by atoms with E-state index in [-0.39, 0.29) is 5.91 Å². The number of fused-ring (bicyclic) bond motifs is 3. The molecule has 2 amide bonds. The van der Waals surface area contributed by atoms with E-state index in [4.69, 9.17) is 14.9 Å². The van der Waals surface area contributed by atoms with Crippen LogP contribution in [-0.4, -0.2) is 18.9 Å². The number of furan rings is 1. The second-order valence-corrected chi connectivity index (χ2v) is 6.04. The van der Waals surface area contributed by atoms with Crippen LogP contribution in [0.5, 0.6) is 5.75 Å². The van der Waals surface area contributed by atoms with Crippen LogP contribution in [0.3, 0.4) is 0 Å². The van der Waals surface area contributed by atoms with Gasteiger partial charge in [0.2, 0.25) is 5.91 Å². The molecular formula is C21H16N2O4. The molecule has 3 aromatic carbocycles. The molecule has 0 fully saturated rings. The first-order valence-electron chi connectivity index (χ1n) is 8.27. The van der Waals surface area contributed by atoms with Crippen molar-refractivity contribution in [3.63, 3.8) is 0 Å². The number of amides is 2. The second-order valence-electron chi connectivity index (χ2n) is 6.04. The zero-order valence-electron chi connectivity index (χ0n) is 14.5. The summed E-state index contributed by atoms with van der Waals surface area (Å²) in [7, 11) is 1.54. The van der Waals surface area contributed by atoms with Gasteiger partial charge in [0.05, 0.1) is 12.8 Å². The summed E-state index contributed by atoms with van der Waals surface area (Å²) >= 11 is 0. The summed E-state index contributed by atoms with van der Waals surface area (Å²) in [6.45, 7) is 0. The molecule has 0 aliphatic rings. The molecule has 0 saturated heterocycles. The van der Waals surface area contributed by atoms with E-state index in [9.17, 15) is 9.59 Å². The highest BCUT2D eigenvalue weighted by atomic mass is 16.5. The molecule has 6 heteroatoms. The molecule has 0 radical (unpaired) electrons. The zero-order valence-corrected chi connectivity index (χ0v) is 14.5. The quantitative estimate of drug-likeness (QED) is 0.576. The maximum atomic E-state index is 12.6. The number of nitrogens with one attached hydrogen (secondary N) is 1. The summed E-state index contributed by atoms with van der Waals surface area (Å²) < 4.78 is 11.3. The molecule has 0 unspecified atom stereocenters. The fourth-order valence-corrected chi connectivity index (χ4v) is 3.00. The molecular weight excluding hydrogens is 344 g/mol. The number of primary amides is 1. The second kappa shape index (κ2) is 6.49. The van der Waals surface area contributed by atoms with Crippen molar-refractivity contribution in [1.29, 1.82) is 0 Å². The van der Waals surface area contributed by atoms with Gasteiger partial charge in [0.15, 0.2) is 0 Å². The number of hydrogen-bond donors (Lipinski definition) is 2. The molecule has 3 N–H and O–H groups in total. The van der Waals surface area contributed by atoms with Crippen LogP contribution in [-0.2, 0) is 0 Å². The molecule has 134 valence electrons. The monoisotopic (exact) mass is 360 g/mol. The number of hydrogen-bond acceptors (Lipinski definition) is 4. The Bertz CT molecular complexity index is 1180. The number of carbonyl (C=O) groups is 2. The van der Waals surface area contributed by atoms with Crippen molar-refractivity contribution in [3.8, 4) is 5.75 Å². The van der Waals surface area contributed by atoms with Crippen LogP contribution in [0.4, 0.5) is 5.69 Å². The Labute approximate surface area is 154 Å². The van der Waals surface area contributed by atoms with Gasteiger partial charge < -0.3 is 20.2 Å². The number of ether oxygens (including phenoxy) is 1. The first kappa shape index (κ1) is 16.7. The lowest BCUT2D eigenvalue weighted by molar-refractivity contribution is 0.0995. The lowest BCUT2D eigenvalue weighted by Gasteiger charge is -2.10. The molecule has 0 aliphatic heterocycles. The van der Waals surface area contributed by atoms with Gasteiger partial charge >= 0.3 is 0 Å². The Balaban J connectivity index is 1.71. The third kappa shape index (κ3) is 2.97. The largest absolute Gasteiger partial charge is 0.495 e. The minimum Gasteiger partial charge on any atom is -0.495 e. The number of para-hydroxylation sites is 1. The van der Waals surface area contributed by atoms with Crippen molar-refractivity contribution in [2.45, 2.75) is 0 Å². The fraction of sp³-hybridized carbons (Fsp3) is 0.0476. The first-order valence-corrected chi connectivity index (χ1v) is 8.27. The number of carbonyl (C=O) groups excluding carboxylic acids is 2. The molecule has 0 bridgehead atoms. The van der Waals surface area contributed by atoms with Crippen LogP contribution in [0.2, 0.25) is 0 Å². The van der Waals surface area contributed by atoms with Crippen LogP contribution in [0.15, 0.2) is 65.1 Å². The van der Waals surface area contributed by atoms with E-state index in [1.807, 2.05) is 30.3 Å². The molecule has 4 aromatic rings. The van der Waals surface area contributed by atoms with Gasteiger partial charge in [-0.15, -0.1) is 0 Å². The van der Waals surface area contributed by atoms with Crippen molar-refractivity contribution in [1.82, 2.24) is 0 Å². The van der Waals surface area contributed by atoms with E-state index in [1.54, 1.807) is 25.3 Å². The summed E-state index contributed by atoms with van der Waals surface area (Å²) in [5, 5.41) is 4.71. The van der Waals surface area contributed by atoms with Gasteiger partial charge in [0.25, 0.3) is 5.91 Å².